The van der Waals surface area contributed by atoms with Gasteiger partial charge in [0.1, 0.15) is 0 Å². The van der Waals surface area contributed by atoms with Crippen LogP contribution in [0.1, 0.15) is 62.9 Å². The van der Waals surface area contributed by atoms with Crippen LogP contribution in [-0.4, -0.2) is 16.1 Å². The zero-order valence-electron chi connectivity index (χ0n) is 16.3. The summed E-state index contributed by atoms with van der Waals surface area (Å²) in [4.78, 5) is 15.0. The predicted octanol–water partition coefficient (Wildman–Crippen LogP) is 5.50. The third kappa shape index (κ3) is 3.44. The number of nitrogens with zero attached hydrogens (tertiary/aromatic N) is 1. The van der Waals surface area contributed by atoms with Crippen molar-refractivity contribution in [3.63, 3.8) is 0 Å². The van der Waals surface area contributed by atoms with Gasteiger partial charge in [0.2, 0.25) is 0 Å². The molecule has 26 heavy (non-hydrogen) atoms. The highest BCUT2D eigenvalue weighted by atomic mass is 16.4. The number of aliphatic carboxylic acids is 1. The van der Waals surface area contributed by atoms with Gasteiger partial charge in [-0.3, -0.25) is 4.98 Å². The lowest BCUT2D eigenvalue weighted by molar-refractivity contribution is -0.131. The van der Waals surface area contributed by atoms with Gasteiger partial charge in [-0.2, -0.15) is 0 Å². The maximum Gasteiger partial charge on any atom is 0.328 e. The Morgan fingerprint density at radius 1 is 1.08 bits per heavy atom. The monoisotopic (exact) mass is 349 g/mol. The van der Waals surface area contributed by atoms with Crippen LogP contribution >= 0.6 is 0 Å². The summed E-state index contributed by atoms with van der Waals surface area (Å²) in [5.41, 5.74) is 7.40. The van der Waals surface area contributed by atoms with E-state index in [2.05, 4.69) is 51.7 Å². The van der Waals surface area contributed by atoms with E-state index in [4.69, 9.17) is 5.11 Å². The second kappa shape index (κ2) is 6.39. The number of fused-ring (bicyclic) bond motifs is 1. The Labute approximate surface area is 155 Å². The van der Waals surface area contributed by atoms with Gasteiger partial charge in [-0.25, -0.2) is 4.79 Å². The topological polar surface area (TPSA) is 50.2 Å². The normalized spacial score (nSPS) is 17.9. The van der Waals surface area contributed by atoms with Crippen molar-refractivity contribution in [3.05, 3.63) is 58.9 Å². The van der Waals surface area contributed by atoms with Crippen LogP contribution in [0, 0.1) is 6.92 Å². The van der Waals surface area contributed by atoms with Crippen molar-refractivity contribution in [2.45, 2.75) is 58.3 Å². The van der Waals surface area contributed by atoms with Gasteiger partial charge in [-0.1, -0.05) is 39.8 Å². The molecule has 136 valence electrons. The molecule has 3 nitrogen and oxygen atoms in total. The number of carboxylic acid groups (broad SMARTS) is 1. The molecule has 0 saturated carbocycles. The van der Waals surface area contributed by atoms with Crippen molar-refractivity contribution in [2.24, 2.45) is 0 Å². The number of rotatable bonds is 3. The number of carboxylic acids is 1. The minimum absolute atomic E-state index is 0.159. The zero-order chi connectivity index (χ0) is 19.1. The molecule has 0 unspecified atom stereocenters. The number of pyridine rings is 1. The van der Waals surface area contributed by atoms with Crippen LogP contribution in [-0.2, 0) is 15.6 Å². The quantitative estimate of drug-likeness (QED) is 0.744. The van der Waals surface area contributed by atoms with Gasteiger partial charge in [-0.15, -0.1) is 0 Å². The van der Waals surface area contributed by atoms with Crippen molar-refractivity contribution in [1.82, 2.24) is 4.98 Å². The number of hydrogen-bond donors (Lipinski definition) is 1. The van der Waals surface area contributed by atoms with E-state index in [-0.39, 0.29) is 10.8 Å². The molecule has 0 aliphatic heterocycles. The van der Waals surface area contributed by atoms with Gasteiger partial charge in [0.25, 0.3) is 0 Å². The van der Waals surface area contributed by atoms with E-state index in [1.54, 1.807) is 6.20 Å². The van der Waals surface area contributed by atoms with Crippen LogP contribution in [0.3, 0.4) is 0 Å². The third-order valence-corrected chi connectivity index (χ3v) is 5.69. The Morgan fingerprint density at radius 3 is 2.31 bits per heavy atom. The molecule has 0 radical (unpaired) electrons. The SMILES string of the molecule is Cc1cc2c(cc1-c1ccnc(/C=C/C(=O)O)c1)C(C)(C)CCC2(C)C. The smallest absolute Gasteiger partial charge is 0.328 e. The Morgan fingerprint density at radius 2 is 1.69 bits per heavy atom. The first-order chi connectivity index (χ1) is 12.1. The zero-order valence-corrected chi connectivity index (χ0v) is 16.3. The molecule has 0 amide bonds. The van der Waals surface area contributed by atoms with Gasteiger partial charge < -0.3 is 5.11 Å². The van der Waals surface area contributed by atoms with E-state index in [1.807, 2.05) is 12.1 Å². The molecule has 0 saturated heterocycles. The summed E-state index contributed by atoms with van der Waals surface area (Å²) in [6, 6.07) is 8.63. The maximum atomic E-state index is 10.8. The first-order valence-electron chi connectivity index (χ1n) is 9.13. The lowest BCUT2D eigenvalue weighted by Crippen LogP contribution is -2.34. The number of aromatic nitrogens is 1. The second-order valence-electron chi connectivity index (χ2n) is 8.62. The number of aryl methyl sites for hydroxylation is 1. The molecule has 0 bridgehead atoms. The van der Waals surface area contributed by atoms with Crippen LogP contribution in [0.4, 0.5) is 0 Å². The number of hydrogen-bond acceptors (Lipinski definition) is 2. The molecule has 0 spiro atoms. The summed E-state index contributed by atoms with van der Waals surface area (Å²) >= 11 is 0. The summed E-state index contributed by atoms with van der Waals surface area (Å²) in [6.07, 6.45) is 6.78. The molecule has 1 N–H and O–H groups in total. The molecule has 3 rings (SSSR count). The summed E-state index contributed by atoms with van der Waals surface area (Å²) in [5.74, 6) is -0.967. The molecule has 1 aliphatic carbocycles. The highest BCUT2D eigenvalue weighted by Gasteiger charge is 2.37. The number of benzene rings is 1. The first-order valence-corrected chi connectivity index (χ1v) is 9.13. The molecule has 1 heterocycles. The van der Waals surface area contributed by atoms with Crippen LogP contribution in [0.5, 0.6) is 0 Å². The maximum absolute atomic E-state index is 10.8. The average Bonchev–Trinajstić information content (AvgIpc) is 2.57. The highest BCUT2D eigenvalue weighted by molar-refractivity contribution is 5.85. The minimum Gasteiger partial charge on any atom is -0.478 e. The van der Waals surface area contributed by atoms with Crippen molar-refractivity contribution in [3.8, 4) is 11.1 Å². The largest absolute Gasteiger partial charge is 0.478 e. The molecule has 1 aromatic carbocycles. The number of carbonyl (C=O) groups is 1. The van der Waals surface area contributed by atoms with Crippen molar-refractivity contribution in [2.75, 3.05) is 0 Å². The minimum atomic E-state index is -0.967. The molecule has 3 heteroatoms. The first kappa shape index (κ1) is 18.4. The molecule has 0 fully saturated rings. The van der Waals surface area contributed by atoms with Gasteiger partial charge in [0, 0.05) is 12.3 Å². The summed E-state index contributed by atoms with van der Waals surface area (Å²) in [5, 5.41) is 8.83. The lowest BCUT2D eigenvalue weighted by atomic mass is 9.62. The lowest BCUT2D eigenvalue weighted by Gasteiger charge is -2.42. The standard InChI is InChI=1S/C23H27NO2/c1-15-12-19-20(23(4,5)10-9-22(19,2)3)14-18(15)16-8-11-24-17(13-16)6-7-21(25)26/h6-8,11-14H,9-10H2,1-5H3,(H,25,26)/b7-6+. The van der Waals surface area contributed by atoms with Gasteiger partial charge in [0.05, 0.1) is 5.69 Å². The molecular weight excluding hydrogens is 322 g/mol. The van der Waals surface area contributed by atoms with Gasteiger partial charge in [-0.05, 0) is 76.6 Å². The van der Waals surface area contributed by atoms with E-state index in [1.165, 1.54) is 41.2 Å². The fraction of sp³-hybridized carbons (Fsp3) is 0.391. The summed E-state index contributed by atoms with van der Waals surface area (Å²) in [6.45, 7) is 11.5. The van der Waals surface area contributed by atoms with E-state index in [0.717, 1.165) is 11.6 Å². The summed E-state index contributed by atoms with van der Waals surface area (Å²) in [7, 11) is 0. The Hall–Kier alpha value is -2.42. The Bertz CT molecular complexity index is 891. The van der Waals surface area contributed by atoms with Crippen molar-refractivity contribution in [1.29, 1.82) is 0 Å². The Balaban J connectivity index is 2.13. The fourth-order valence-corrected chi connectivity index (χ4v) is 3.90. The van der Waals surface area contributed by atoms with Gasteiger partial charge >= 0.3 is 5.97 Å². The highest BCUT2D eigenvalue weighted by Crippen LogP contribution is 2.47. The van der Waals surface area contributed by atoms with E-state index in [0.29, 0.717) is 5.69 Å². The van der Waals surface area contributed by atoms with E-state index >= 15 is 0 Å². The van der Waals surface area contributed by atoms with Crippen molar-refractivity contribution < 1.29 is 9.90 Å². The Kier molecular flexibility index (Phi) is 4.51. The summed E-state index contributed by atoms with van der Waals surface area (Å²) < 4.78 is 0. The molecular formula is C23H27NO2. The third-order valence-electron chi connectivity index (χ3n) is 5.69. The molecule has 2 aromatic rings. The predicted molar refractivity (Wildman–Crippen MR) is 106 cm³/mol. The molecule has 1 aliphatic rings. The second-order valence-corrected chi connectivity index (χ2v) is 8.62. The van der Waals surface area contributed by atoms with Crippen molar-refractivity contribution >= 4 is 12.0 Å². The fourth-order valence-electron chi connectivity index (χ4n) is 3.90. The van der Waals surface area contributed by atoms with Gasteiger partial charge in [0.15, 0.2) is 0 Å². The molecule has 1 aromatic heterocycles. The van der Waals surface area contributed by atoms with Crippen LogP contribution < -0.4 is 0 Å². The van der Waals surface area contributed by atoms with E-state index in [9.17, 15) is 4.79 Å². The average molecular weight is 349 g/mol. The molecule has 0 atom stereocenters. The van der Waals surface area contributed by atoms with Crippen LogP contribution in [0.15, 0.2) is 36.5 Å². The van der Waals surface area contributed by atoms with Crippen LogP contribution in [0.2, 0.25) is 0 Å². The van der Waals surface area contributed by atoms with E-state index < -0.39 is 5.97 Å². The van der Waals surface area contributed by atoms with Crippen LogP contribution in [0.25, 0.3) is 17.2 Å².